The predicted octanol–water partition coefficient (Wildman–Crippen LogP) is 9.34. The number of unbranched alkanes of at least 4 members (excludes halogenated alkanes) is 2. The molecule has 204 valence electrons. The maximum atomic E-state index is 13.5. The average molecular weight is 538 g/mol. The van der Waals surface area contributed by atoms with Crippen LogP contribution in [-0.2, 0) is 4.74 Å². The van der Waals surface area contributed by atoms with Crippen molar-refractivity contribution in [2.45, 2.75) is 90.7 Å². The fourth-order valence-corrected chi connectivity index (χ4v) is 5.54. The van der Waals surface area contributed by atoms with Crippen LogP contribution in [0.4, 0.5) is 22.8 Å². The molecule has 2 aromatic rings. The number of imide groups is 1. The number of hydrogen-bond acceptors (Lipinski definition) is 3. The monoisotopic (exact) mass is 537 g/mol. The van der Waals surface area contributed by atoms with Gasteiger partial charge in [0.25, 0.3) is 0 Å². The Morgan fingerprint density at radius 2 is 1.59 bits per heavy atom. The zero-order chi connectivity index (χ0) is 27.4. The molecule has 3 unspecified atom stereocenters. The normalized spacial score (nSPS) is 17.3. The molecule has 0 aliphatic carbocycles. The van der Waals surface area contributed by atoms with Gasteiger partial charge >= 0.3 is 6.09 Å². The number of hydrogen-bond donors (Lipinski definition) is 0. The van der Waals surface area contributed by atoms with Gasteiger partial charge in [-0.05, 0) is 82.2 Å². The molecule has 37 heavy (non-hydrogen) atoms. The molecule has 0 saturated carbocycles. The van der Waals surface area contributed by atoms with Crippen molar-refractivity contribution < 1.29 is 27.5 Å². The van der Waals surface area contributed by atoms with Crippen molar-refractivity contribution in [2.75, 3.05) is 6.16 Å². The lowest BCUT2D eigenvalue weighted by atomic mass is 9.90. The number of nitrogens with zero attached hydrogens (tertiary/aromatic N) is 1. The molecule has 3 rings (SSSR count). The van der Waals surface area contributed by atoms with Gasteiger partial charge in [0.1, 0.15) is 18.0 Å². The molecule has 0 N–H and O–H groups in total. The van der Waals surface area contributed by atoms with Crippen molar-refractivity contribution in [3.8, 4) is 0 Å². The van der Waals surface area contributed by atoms with Crippen LogP contribution in [0.25, 0.3) is 0 Å². The summed E-state index contributed by atoms with van der Waals surface area (Å²) < 4.78 is 44.4. The first kappa shape index (κ1) is 30.8. The minimum absolute atomic E-state index is 0.0304. The summed E-state index contributed by atoms with van der Waals surface area (Å²) in [6, 6.07) is 9.63. The van der Waals surface area contributed by atoms with Gasteiger partial charge in [-0.1, -0.05) is 64.7 Å². The van der Waals surface area contributed by atoms with Crippen molar-refractivity contribution in [1.29, 1.82) is 0 Å². The molecule has 4 nitrogen and oxygen atoms in total. The summed E-state index contributed by atoms with van der Waals surface area (Å²) in [5, 5.41) is 0. The van der Waals surface area contributed by atoms with Gasteiger partial charge in [-0.25, -0.2) is 22.9 Å². The molecule has 1 saturated heterocycles. The zero-order valence-corrected chi connectivity index (χ0v) is 23.2. The summed E-state index contributed by atoms with van der Waals surface area (Å²) in [7, 11) is -0.0304. The Labute approximate surface area is 220 Å². The molecular weight excluding hydrogens is 498 g/mol. The number of carbonyl (C=O) groups excluding carboxylic acids is 2. The van der Waals surface area contributed by atoms with E-state index in [1.807, 2.05) is 12.1 Å². The van der Waals surface area contributed by atoms with Crippen LogP contribution in [0.5, 0.6) is 0 Å². The fraction of sp³-hybridized carbons (Fsp3) is 0.517. The number of carbonyl (C=O) groups is 2. The lowest BCUT2D eigenvalue weighted by Gasteiger charge is -2.22. The SMILES string of the molecule is CCCC(CCC)c1ccc(F)cc1.CCCCCPC(=O)N1C(=O)OC(C)C1c1ccc(F)c(F)c1. The first-order valence-corrected chi connectivity index (χ1v) is 14.4. The number of benzene rings is 2. The Bertz CT molecular complexity index is 996. The third-order valence-electron chi connectivity index (χ3n) is 6.38. The Morgan fingerprint density at radius 1 is 0.946 bits per heavy atom. The van der Waals surface area contributed by atoms with Crippen LogP contribution in [0.15, 0.2) is 42.5 Å². The molecule has 0 spiro atoms. The molecule has 1 aliphatic heterocycles. The summed E-state index contributed by atoms with van der Waals surface area (Å²) in [4.78, 5) is 25.4. The third-order valence-corrected chi connectivity index (χ3v) is 7.53. The highest BCUT2D eigenvalue weighted by atomic mass is 31.1. The zero-order valence-electron chi connectivity index (χ0n) is 22.2. The molecular formula is C29H39F3NO3P. The standard InChI is InChI=1S/C16H20F2NO3P.C13H19F/c1-3-4-5-8-23-16(21)19-14(10(2)22-15(19)20)11-6-7-12(17)13(18)9-11;1-3-5-11(6-4-2)12-7-9-13(14)10-8-12/h6-7,9-10,14,23H,3-5,8H2,1-2H3;7-11H,3-6H2,1-2H3. The number of rotatable bonds is 11. The molecule has 2 amide bonds. The number of cyclic esters (lactones) is 1. The second-order valence-electron chi connectivity index (χ2n) is 9.34. The van der Waals surface area contributed by atoms with E-state index >= 15 is 0 Å². The minimum Gasteiger partial charge on any atom is -0.443 e. The van der Waals surface area contributed by atoms with Crippen LogP contribution in [0.1, 0.15) is 95.7 Å². The summed E-state index contributed by atoms with van der Waals surface area (Å²) in [5.74, 6) is -1.50. The molecule has 3 atom stereocenters. The number of halogens is 3. The average Bonchev–Trinajstić information content (AvgIpc) is 3.17. The molecule has 0 aromatic heterocycles. The lowest BCUT2D eigenvalue weighted by Crippen LogP contribution is -2.32. The molecule has 2 aromatic carbocycles. The second kappa shape index (κ2) is 15.8. The van der Waals surface area contributed by atoms with Crippen LogP contribution in [-0.4, -0.2) is 28.9 Å². The molecule has 0 radical (unpaired) electrons. The van der Waals surface area contributed by atoms with E-state index in [1.165, 1.54) is 37.3 Å². The van der Waals surface area contributed by atoms with Gasteiger partial charge in [0.15, 0.2) is 11.6 Å². The van der Waals surface area contributed by atoms with Crippen LogP contribution in [0.2, 0.25) is 0 Å². The Morgan fingerprint density at radius 3 is 2.16 bits per heavy atom. The van der Waals surface area contributed by atoms with Gasteiger partial charge in [-0.2, -0.15) is 0 Å². The van der Waals surface area contributed by atoms with Gasteiger partial charge in [-0.3, -0.25) is 4.79 Å². The first-order valence-electron chi connectivity index (χ1n) is 13.2. The van der Waals surface area contributed by atoms with Gasteiger partial charge in [-0.15, -0.1) is 0 Å². The van der Waals surface area contributed by atoms with Crippen molar-refractivity contribution in [3.63, 3.8) is 0 Å². The van der Waals surface area contributed by atoms with Gasteiger partial charge in [0, 0.05) is 0 Å². The predicted molar refractivity (Wildman–Crippen MR) is 144 cm³/mol. The van der Waals surface area contributed by atoms with Crippen molar-refractivity contribution >= 4 is 20.3 Å². The quantitative estimate of drug-likeness (QED) is 0.212. The van der Waals surface area contributed by atoms with Crippen molar-refractivity contribution in [3.05, 3.63) is 71.0 Å². The topological polar surface area (TPSA) is 46.6 Å². The van der Waals surface area contributed by atoms with Crippen molar-refractivity contribution in [1.82, 2.24) is 4.90 Å². The van der Waals surface area contributed by atoms with E-state index in [2.05, 4.69) is 20.8 Å². The lowest BCUT2D eigenvalue weighted by molar-refractivity contribution is 0.138. The Hall–Kier alpha value is -2.40. The van der Waals surface area contributed by atoms with E-state index in [0.717, 1.165) is 42.5 Å². The first-order chi connectivity index (χ1) is 17.7. The molecule has 1 aliphatic rings. The van der Waals surface area contributed by atoms with Gasteiger partial charge in [0.05, 0.1) is 0 Å². The summed E-state index contributed by atoms with van der Waals surface area (Å²) in [5.41, 5.74) is 1.33. The van der Waals surface area contributed by atoms with Gasteiger partial charge < -0.3 is 4.74 Å². The maximum Gasteiger partial charge on any atom is 0.417 e. The van der Waals surface area contributed by atoms with Gasteiger partial charge in [0.2, 0.25) is 5.65 Å². The summed E-state index contributed by atoms with van der Waals surface area (Å²) >= 11 is 0. The van der Waals surface area contributed by atoms with E-state index in [4.69, 9.17) is 4.74 Å². The fourth-order valence-electron chi connectivity index (χ4n) is 4.49. The third kappa shape index (κ3) is 9.14. The molecule has 0 bridgehead atoms. The number of amides is 2. The smallest absolute Gasteiger partial charge is 0.417 e. The van der Waals surface area contributed by atoms with E-state index in [9.17, 15) is 22.8 Å². The number of ether oxygens (including phenoxy) is 1. The highest BCUT2D eigenvalue weighted by Gasteiger charge is 2.43. The van der Waals surface area contributed by atoms with Crippen LogP contribution < -0.4 is 0 Å². The molecule has 1 fully saturated rings. The highest BCUT2D eigenvalue weighted by Crippen LogP contribution is 2.37. The van der Waals surface area contributed by atoms with E-state index in [1.54, 1.807) is 19.1 Å². The van der Waals surface area contributed by atoms with Crippen LogP contribution in [0, 0.1) is 17.5 Å². The highest BCUT2D eigenvalue weighted by molar-refractivity contribution is 7.57. The van der Waals surface area contributed by atoms with E-state index in [-0.39, 0.29) is 20.0 Å². The summed E-state index contributed by atoms with van der Waals surface area (Å²) in [6.45, 7) is 8.11. The molecule has 8 heteroatoms. The van der Waals surface area contributed by atoms with E-state index < -0.39 is 29.9 Å². The maximum absolute atomic E-state index is 13.5. The largest absolute Gasteiger partial charge is 0.443 e. The Kier molecular flexibility index (Phi) is 13.1. The van der Waals surface area contributed by atoms with Crippen LogP contribution in [0.3, 0.4) is 0 Å². The summed E-state index contributed by atoms with van der Waals surface area (Å²) in [6.07, 6.45) is 7.22. The van der Waals surface area contributed by atoms with Crippen LogP contribution >= 0.6 is 8.58 Å². The molecule has 1 heterocycles. The van der Waals surface area contributed by atoms with Crippen molar-refractivity contribution in [2.24, 2.45) is 0 Å². The Balaban J connectivity index is 0.000000294. The van der Waals surface area contributed by atoms with E-state index in [0.29, 0.717) is 11.5 Å². The minimum atomic E-state index is -1.01. The second-order valence-corrected chi connectivity index (χ2v) is 10.6.